The molecule has 0 unspecified atom stereocenters. The molecule has 0 saturated heterocycles. The predicted molar refractivity (Wildman–Crippen MR) is 117 cm³/mol. The van der Waals surface area contributed by atoms with Gasteiger partial charge in [0.15, 0.2) is 0 Å². The van der Waals surface area contributed by atoms with Gasteiger partial charge in [-0.05, 0) is 42.5 Å². The molecule has 0 aliphatic rings. The number of hydrogen-bond donors (Lipinski definition) is 1. The second-order valence-electron chi connectivity index (χ2n) is 6.91. The number of carbonyl (C=O) groups is 2. The molecule has 0 fully saturated rings. The normalized spacial score (nSPS) is 11.7. The Morgan fingerprint density at radius 2 is 1.57 bits per heavy atom. The zero-order chi connectivity index (χ0) is 20.5. The second kappa shape index (κ2) is 10.9. The van der Waals surface area contributed by atoms with Crippen molar-refractivity contribution in [2.75, 3.05) is 12.8 Å². The van der Waals surface area contributed by atoms with Crippen molar-refractivity contribution in [2.45, 2.75) is 45.5 Å². The van der Waals surface area contributed by atoms with Gasteiger partial charge in [-0.1, -0.05) is 55.5 Å². The highest BCUT2D eigenvalue weighted by Gasteiger charge is 2.28. The van der Waals surface area contributed by atoms with Crippen molar-refractivity contribution >= 4 is 23.6 Å². The third-order valence-corrected chi connectivity index (χ3v) is 5.94. The minimum atomic E-state index is -0.462. The summed E-state index contributed by atoms with van der Waals surface area (Å²) in [5, 5.41) is 2.70. The molecule has 0 heterocycles. The fraction of sp³-hybridized carbons (Fsp3) is 0.391. The molecular weight excluding hydrogens is 368 g/mol. The number of likely N-dealkylation sites (N-methyl/N-ethyl adjacent to an activating group) is 1. The van der Waals surface area contributed by atoms with E-state index >= 15 is 0 Å². The zero-order valence-corrected chi connectivity index (χ0v) is 18.0. The van der Waals surface area contributed by atoms with Crippen molar-refractivity contribution < 1.29 is 9.59 Å². The molecule has 0 aliphatic carbocycles. The second-order valence-corrected chi connectivity index (χ2v) is 7.89. The number of nitrogens with zero attached hydrogens (tertiary/aromatic N) is 1. The lowest BCUT2D eigenvalue weighted by Gasteiger charge is -2.30. The van der Waals surface area contributed by atoms with E-state index in [1.807, 2.05) is 50.2 Å². The molecule has 0 spiro atoms. The fourth-order valence-electron chi connectivity index (χ4n) is 3.16. The van der Waals surface area contributed by atoms with Gasteiger partial charge in [0.05, 0.1) is 5.75 Å². The maximum Gasteiger partial charge on any atom is 0.242 e. The minimum Gasteiger partial charge on any atom is -0.357 e. The van der Waals surface area contributed by atoms with Crippen LogP contribution in [0, 0.1) is 13.8 Å². The van der Waals surface area contributed by atoms with E-state index in [9.17, 15) is 9.59 Å². The number of amides is 2. The summed E-state index contributed by atoms with van der Waals surface area (Å²) < 4.78 is 0. The number of benzene rings is 2. The van der Waals surface area contributed by atoms with E-state index in [1.165, 1.54) is 11.1 Å². The molecule has 4 nitrogen and oxygen atoms in total. The number of hydrogen-bond acceptors (Lipinski definition) is 3. The lowest BCUT2D eigenvalue weighted by Crippen LogP contribution is -2.48. The first-order valence-electron chi connectivity index (χ1n) is 9.65. The Bertz CT molecular complexity index is 807. The van der Waals surface area contributed by atoms with E-state index in [1.54, 1.807) is 23.7 Å². The van der Waals surface area contributed by atoms with Gasteiger partial charge in [-0.3, -0.25) is 9.59 Å². The average molecular weight is 399 g/mol. The first-order valence-corrected chi connectivity index (χ1v) is 10.8. The number of nitrogens with one attached hydrogen (secondary N) is 1. The van der Waals surface area contributed by atoms with Crippen molar-refractivity contribution in [3.63, 3.8) is 0 Å². The number of aryl methyl sites for hydroxylation is 2. The van der Waals surface area contributed by atoms with Crippen molar-refractivity contribution in [3.05, 3.63) is 70.8 Å². The Morgan fingerprint density at radius 1 is 1.00 bits per heavy atom. The SMILES string of the molecule is CC[C@H](C(=O)NC)N(Cc1ccccc1C)C(=O)CSCc1ccccc1C. The highest BCUT2D eigenvalue weighted by Crippen LogP contribution is 2.20. The zero-order valence-electron chi connectivity index (χ0n) is 17.2. The van der Waals surface area contributed by atoms with Crippen LogP contribution in [0.15, 0.2) is 48.5 Å². The van der Waals surface area contributed by atoms with Gasteiger partial charge in [-0.2, -0.15) is 0 Å². The molecule has 0 saturated carbocycles. The molecule has 0 aliphatic heterocycles. The van der Waals surface area contributed by atoms with Gasteiger partial charge in [0.1, 0.15) is 6.04 Å². The quantitative estimate of drug-likeness (QED) is 0.692. The summed E-state index contributed by atoms with van der Waals surface area (Å²) in [6.07, 6.45) is 0.583. The minimum absolute atomic E-state index is 0.00251. The monoisotopic (exact) mass is 398 g/mol. The van der Waals surface area contributed by atoms with E-state index < -0.39 is 6.04 Å². The summed E-state index contributed by atoms with van der Waals surface area (Å²) in [5.74, 6) is 1.02. The maximum atomic E-state index is 13.1. The molecule has 0 radical (unpaired) electrons. The summed E-state index contributed by atoms with van der Waals surface area (Å²) >= 11 is 1.60. The summed E-state index contributed by atoms with van der Waals surface area (Å²) in [4.78, 5) is 27.2. The molecular formula is C23H30N2O2S. The maximum absolute atomic E-state index is 13.1. The van der Waals surface area contributed by atoms with Gasteiger partial charge >= 0.3 is 0 Å². The Hall–Kier alpha value is -2.27. The van der Waals surface area contributed by atoms with Crippen LogP contribution in [0.25, 0.3) is 0 Å². The van der Waals surface area contributed by atoms with Crippen molar-refractivity contribution in [3.8, 4) is 0 Å². The van der Waals surface area contributed by atoms with E-state index in [2.05, 4.69) is 24.4 Å². The van der Waals surface area contributed by atoms with Crippen LogP contribution < -0.4 is 5.32 Å². The lowest BCUT2D eigenvalue weighted by molar-refractivity contribution is -0.139. The van der Waals surface area contributed by atoms with Gasteiger partial charge in [0.25, 0.3) is 0 Å². The summed E-state index contributed by atoms with van der Waals surface area (Å²) in [5.41, 5.74) is 4.67. The van der Waals surface area contributed by atoms with E-state index in [0.29, 0.717) is 18.7 Å². The summed E-state index contributed by atoms with van der Waals surface area (Å²) in [6.45, 7) is 6.51. The summed E-state index contributed by atoms with van der Waals surface area (Å²) in [7, 11) is 1.62. The Kier molecular flexibility index (Phi) is 8.58. The molecule has 28 heavy (non-hydrogen) atoms. The Labute approximate surface area is 172 Å². The largest absolute Gasteiger partial charge is 0.357 e. The molecule has 2 rings (SSSR count). The third kappa shape index (κ3) is 5.86. The Balaban J connectivity index is 2.12. The highest BCUT2D eigenvalue weighted by molar-refractivity contribution is 7.99. The van der Waals surface area contributed by atoms with Crippen LogP contribution in [-0.2, 0) is 21.9 Å². The van der Waals surface area contributed by atoms with E-state index in [0.717, 1.165) is 16.9 Å². The third-order valence-electron chi connectivity index (χ3n) is 4.98. The smallest absolute Gasteiger partial charge is 0.242 e. The van der Waals surface area contributed by atoms with Crippen molar-refractivity contribution in [2.24, 2.45) is 0 Å². The molecule has 1 N–H and O–H groups in total. The Morgan fingerprint density at radius 3 is 2.11 bits per heavy atom. The number of rotatable bonds is 9. The van der Waals surface area contributed by atoms with Crippen LogP contribution >= 0.6 is 11.8 Å². The van der Waals surface area contributed by atoms with E-state index in [-0.39, 0.29) is 11.8 Å². The lowest BCUT2D eigenvalue weighted by atomic mass is 10.1. The topological polar surface area (TPSA) is 49.4 Å². The van der Waals surface area contributed by atoms with Crippen LogP contribution in [0.1, 0.15) is 35.6 Å². The number of carbonyl (C=O) groups excluding carboxylic acids is 2. The van der Waals surface area contributed by atoms with Crippen LogP contribution in [-0.4, -0.2) is 35.6 Å². The van der Waals surface area contributed by atoms with Crippen LogP contribution in [0.2, 0.25) is 0 Å². The summed E-state index contributed by atoms with van der Waals surface area (Å²) in [6, 6.07) is 15.8. The molecule has 2 amide bonds. The van der Waals surface area contributed by atoms with Crippen LogP contribution in [0.5, 0.6) is 0 Å². The fourth-order valence-corrected chi connectivity index (χ4v) is 4.15. The molecule has 5 heteroatoms. The van der Waals surface area contributed by atoms with Gasteiger partial charge in [-0.15, -0.1) is 11.8 Å². The first kappa shape index (κ1) is 22.0. The average Bonchev–Trinajstić information content (AvgIpc) is 2.70. The van der Waals surface area contributed by atoms with Gasteiger partial charge < -0.3 is 10.2 Å². The predicted octanol–water partition coefficient (Wildman–Crippen LogP) is 4.09. The van der Waals surface area contributed by atoms with Gasteiger partial charge in [-0.25, -0.2) is 0 Å². The van der Waals surface area contributed by atoms with Crippen LogP contribution in [0.3, 0.4) is 0 Å². The molecule has 0 aromatic heterocycles. The molecule has 150 valence electrons. The van der Waals surface area contributed by atoms with Gasteiger partial charge in [0, 0.05) is 19.3 Å². The first-order chi connectivity index (χ1) is 13.5. The molecule has 2 aromatic carbocycles. The van der Waals surface area contributed by atoms with Gasteiger partial charge in [0.2, 0.25) is 11.8 Å². The molecule has 0 bridgehead atoms. The highest BCUT2D eigenvalue weighted by atomic mass is 32.2. The van der Waals surface area contributed by atoms with Crippen molar-refractivity contribution in [1.82, 2.24) is 10.2 Å². The van der Waals surface area contributed by atoms with E-state index in [4.69, 9.17) is 0 Å². The van der Waals surface area contributed by atoms with Crippen LogP contribution in [0.4, 0.5) is 0 Å². The molecule has 1 atom stereocenters. The van der Waals surface area contributed by atoms with Crippen molar-refractivity contribution in [1.29, 1.82) is 0 Å². The molecule has 2 aromatic rings. The number of thioether (sulfide) groups is 1. The standard InChI is InChI=1S/C23H30N2O2S/c1-5-21(23(27)24-4)25(14-19-12-8-6-10-17(19)2)22(26)16-28-15-20-13-9-7-11-18(20)3/h6-13,21H,5,14-16H2,1-4H3,(H,24,27)/t21-/m1/s1.